The molecule has 3 heteroatoms. The van der Waals surface area contributed by atoms with Crippen LogP contribution in [0.4, 0.5) is 0 Å². The van der Waals surface area contributed by atoms with Crippen LogP contribution in [0.2, 0.25) is 0 Å². The third-order valence-corrected chi connectivity index (χ3v) is 2.82. The number of carboxylic acid groups (broad SMARTS) is 1. The van der Waals surface area contributed by atoms with Gasteiger partial charge in [0.15, 0.2) is 0 Å². The molecule has 0 aromatic heterocycles. The summed E-state index contributed by atoms with van der Waals surface area (Å²) >= 11 is 0. The second kappa shape index (κ2) is 8.48. The van der Waals surface area contributed by atoms with Crippen molar-refractivity contribution in [1.29, 1.82) is 0 Å². The molecule has 0 heterocycles. The summed E-state index contributed by atoms with van der Waals surface area (Å²) < 4.78 is 0. The van der Waals surface area contributed by atoms with Gasteiger partial charge in [0.05, 0.1) is 0 Å². The molecule has 0 bridgehead atoms. The van der Waals surface area contributed by atoms with Crippen molar-refractivity contribution in [2.45, 2.75) is 32.1 Å². The second-order valence-electron chi connectivity index (χ2n) is 4.34. The minimum atomic E-state index is -0.822. The maximum atomic E-state index is 11.1. The van der Waals surface area contributed by atoms with Crippen LogP contribution in [0.5, 0.6) is 0 Å². The van der Waals surface area contributed by atoms with Crippen LogP contribution in [-0.4, -0.2) is 17.6 Å². The molecule has 0 aliphatic heterocycles. The molecule has 18 heavy (non-hydrogen) atoms. The van der Waals surface area contributed by atoms with Crippen molar-refractivity contribution in [3.63, 3.8) is 0 Å². The first-order valence-electron chi connectivity index (χ1n) is 6.43. The van der Waals surface area contributed by atoms with E-state index in [1.807, 2.05) is 30.3 Å². The Morgan fingerprint density at radius 1 is 1.11 bits per heavy atom. The molecule has 0 radical (unpaired) electrons. The van der Waals surface area contributed by atoms with Crippen molar-refractivity contribution in [2.24, 2.45) is 5.73 Å². The first kappa shape index (κ1) is 14.5. The summed E-state index contributed by atoms with van der Waals surface area (Å²) in [4.78, 5) is 11.1. The van der Waals surface area contributed by atoms with Gasteiger partial charge in [-0.05, 0) is 37.4 Å². The van der Waals surface area contributed by atoms with E-state index >= 15 is 0 Å². The number of aliphatic carboxylic acids is 1. The van der Waals surface area contributed by atoms with Crippen molar-refractivity contribution in [2.75, 3.05) is 6.54 Å². The third-order valence-electron chi connectivity index (χ3n) is 2.82. The Morgan fingerprint density at radius 2 is 1.78 bits per heavy atom. The zero-order chi connectivity index (χ0) is 13.2. The third kappa shape index (κ3) is 5.64. The fraction of sp³-hybridized carbons (Fsp3) is 0.400. The lowest BCUT2D eigenvalue weighted by atomic mass is 10.0. The molecular weight excluding hydrogens is 226 g/mol. The van der Waals surface area contributed by atoms with Crippen LogP contribution in [0.3, 0.4) is 0 Å². The quantitative estimate of drug-likeness (QED) is 0.548. The normalized spacial score (nSPS) is 11.5. The number of hydrogen-bond acceptors (Lipinski definition) is 2. The minimum Gasteiger partial charge on any atom is -0.478 e. The van der Waals surface area contributed by atoms with Crippen LogP contribution in [0, 0.1) is 0 Å². The maximum Gasteiger partial charge on any atom is 0.331 e. The highest BCUT2D eigenvalue weighted by atomic mass is 16.4. The number of carboxylic acids is 1. The van der Waals surface area contributed by atoms with Crippen molar-refractivity contribution in [3.8, 4) is 0 Å². The zero-order valence-electron chi connectivity index (χ0n) is 10.6. The van der Waals surface area contributed by atoms with Crippen molar-refractivity contribution in [1.82, 2.24) is 0 Å². The van der Waals surface area contributed by atoms with Gasteiger partial charge in [-0.15, -0.1) is 0 Å². The van der Waals surface area contributed by atoms with Crippen molar-refractivity contribution >= 4 is 12.0 Å². The van der Waals surface area contributed by atoms with E-state index in [-0.39, 0.29) is 0 Å². The lowest BCUT2D eigenvalue weighted by Crippen LogP contribution is -2.01. The molecule has 1 aromatic rings. The van der Waals surface area contributed by atoms with E-state index in [0.29, 0.717) is 18.5 Å². The Hall–Kier alpha value is -1.61. The molecule has 3 nitrogen and oxygen atoms in total. The lowest BCUT2D eigenvalue weighted by molar-refractivity contribution is -0.132. The molecule has 0 saturated carbocycles. The molecule has 0 unspecified atom stereocenters. The van der Waals surface area contributed by atoms with Crippen LogP contribution >= 0.6 is 0 Å². The molecule has 1 aromatic carbocycles. The fourth-order valence-electron chi connectivity index (χ4n) is 1.80. The summed E-state index contributed by atoms with van der Waals surface area (Å²) in [6.07, 6.45) is 6.42. The standard InChI is InChI=1S/C15H21NO2/c16-11-7-2-1-6-10-14(15(17)18)12-13-8-4-3-5-9-13/h3-5,8-9,12H,1-2,6-7,10-11,16H2,(H,17,18). The van der Waals surface area contributed by atoms with Gasteiger partial charge in [-0.3, -0.25) is 0 Å². The molecular formula is C15H21NO2. The highest BCUT2D eigenvalue weighted by molar-refractivity contribution is 5.92. The number of nitrogens with two attached hydrogens (primary N) is 1. The summed E-state index contributed by atoms with van der Waals surface area (Å²) in [5.41, 5.74) is 6.84. The highest BCUT2D eigenvalue weighted by Gasteiger charge is 2.06. The topological polar surface area (TPSA) is 63.3 Å². The van der Waals surface area contributed by atoms with Crippen LogP contribution in [0.25, 0.3) is 6.08 Å². The van der Waals surface area contributed by atoms with Gasteiger partial charge in [0.1, 0.15) is 0 Å². The Bertz CT molecular complexity index is 385. The Labute approximate surface area is 108 Å². The SMILES string of the molecule is NCCCCCCC(=Cc1ccccc1)C(=O)O. The molecule has 0 amide bonds. The monoisotopic (exact) mass is 247 g/mol. The molecule has 0 aliphatic carbocycles. The van der Waals surface area contributed by atoms with E-state index < -0.39 is 5.97 Å². The zero-order valence-corrected chi connectivity index (χ0v) is 10.6. The van der Waals surface area contributed by atoms with Gasteiger partial charge >= 0.3 is 5.97 Å². The summed E-state index contributed by atoms with van der Waals surface area (Å²) in [5.74, 6) is -0.822. The highest BCUT2D eigenvalue weighted by Crippen LogP contribution is 2.14. The van der Waals surface area contributed by atoms with Gasteiger partial charge in [0.2, 0.25) is 0 Å². The van der Waals surface area contributed by atoms with Gasteiger partial charge < -0.3 is 10.8 Å². The minimum absolute atomic E-state index is 0.481. The summed E-state index contributed by atoms with van der Waals surface area (Å²) in [5, 5.41) is 9.15. The van der Waals surface area contributed by atoms with Gasteiger partial charge in [0.25, 0.3) is 0 Å². The van der Waals surface area contributed by atoms with Crippen LogP contribution in [0.1, 0.15) is 37.7 Å². The average molecular weight is 247 g/mol. The van der Waals surface area contributed by atoms with Gasteiger partial charge in [-0.2, -0.15) is 0 Å². The molecule has 3 N–H and O–H groups in total. The summed E-state index contributed by atoms with van der Waals surface area (Å²) in [7, 11) is 0. The number of hydrogen-bond donors (Lipinski definition) is 2. The van der Waals surface area contributed by atoms with Gasteiger partial charge in [-0.25, -0.2) is 4.79 Å². The largest absolute Gasteiger partial charge is 0.478 e. The van der Waals surface area contributed by atoms with Crippen LogP contribution in [-0.2, 0) is 4.79 Å². The van der Waals surface area contributed by atoms with E-state index in [0.717, 1.165) is 31.2 Å². The first-order valence-corrected chi connectivity index (χ1v) is 6.43. The molecule has 98 valence electrons. The average Bonchev–Trinajstić information content (AvgIpc) is 2.38. The van der Waals surface area contributed by atoms with E-state index in [1.54, 1.807) is 6.08 Å². The Kier molecular flexibility index (Phi) is 6.81. The van der Waals surface area contributed by atoms with Crippen molar-refractivity contribution < 1.29 is 9.90 Å². The lowest BCUT2D eigenvalue weighted by Gasteiger charge is -2.03. The van der Waals surface area contributed by atoms with E-state index in [4.69, 9.17) is 10.8 Å². The number of unbranched alkanes of at least 4 members (excludes halogenated alkanes) is 3. The number of carbonyl (C=O) groups is 1. The van der Waals surface area contributed by atoms with Crippen LogP contribution < -0.4 is 5.73 Å². The molecule has 1 rings (SSSR count). The number of rotatable bonds is 8. The first-order chi connectivity index (χ1) is 8.74. The van der Waals surface area contributed by atoms with Crippen LogP contribution in [0.15, 0.2) is 35.9 Å². The van der Waals surface area contributed by atoms with E-state index in [9.17, 15) is 4.79 Å². The molecule has 0 spiro atoms. The molecule has 0 fully saturated rings. The van der Waals surface area contributed by atoms with E-state index in [2.05, 4.69) is 0 Å². The van der Waals surface area contributed by atoms with Gasteiger partial charge in [-0.1, -0.05) is 43.2 Å². The second-order valence-corrected chi connectivity index (χ2v) is 4.34. The molecule has 0 atom stereocenters. The van der Waals surface area contributed by atoms with Crippen molar-refractivity contribution in [3.05, 3.63) is 41.5 Å². The Balaban J connectivity index is 2.50. The molecule has 0 saturated heterocycles. The predicted molar refractivity (Wildman–Crippen MR) is 74.2 cm³/mol. The fourth-order valence-corrected chi connectivity index (χ4v) is 1.80. The number of benzene rings is 1. The van der Waals surface area contributed by atoms with E-state index in [1.165, 1.54) is 0 Å². The summed E-state index contributed by atoms with van der Waals surface area (Å²) in [6.45, 7) is 0.714. The smallest absolute Gasteiger partial charge is 0.331 e. The van der Waals surface area contributed by atoms with Gasteiger partial charge in [0, 0.05) is 5.57 Å². The summed E-state index contributed by atoms with van der Waals surface area (Å²) in [6, 6.07) is 9.57. The molecule has 0 aliphatic rings. The Morgan fingerprint density at radius 3 is 2.39 bits per heavy atom. The maximum absolute atomic E-state index is 11.1. The predicted octanol–water partition coefficient (Wildman–Crippen LogP) is 3.06.